The van der Waals surface area contributed by atoms with Crippen LogP contribution >= 0.6 is 0 Å². The van der Waals surface area contributed by atoms with Gasteiger partial charge in [-0.1, -0.05) is 6.07 Å². The predicted octanol–water partition coefficient (Wildman–Crippen LogP) is 0.0250. The molecule has 1 amide bonds. The van der Waals surface area contributed by atoms with Crippen molar-refractivity contribution < 1.29 is 4.79 Å². The van der Waals surface area contributed by atoms with Gasteiger partial charge in [-0.05, 0) is 18.6 Å². The normalized spacial score (nSPS) is 16.5. The Morgan fingerprint density at radius 3 is 3.00 bits per heavy atom. The Bertz CT molecular complexity index is 402. The lowest BCUT2D eigenvalue weighted by Gasteiger charge is -2.27. The molecule has 1 saturated heterocycles. The molecule has 2 rings (SSSR count). The summed E-state index contributed by atoms with van der Waals surface area (Å²) in [7, 11) is 0. The lowest BCUT2D eigenvalue weighted by Crippen LogP contribution is -2.46. The van der Waals surface area contributed by atoms with Crippen molar-refractivity contribution in [1.29, 1.82) is 0 Å². The Kier molecular flexibility index (Phi) is 4.66. The third-order valence-electron chi connectivity index (χ3n) is 3.15. The second-order valence-electron chi connectivity index (χ2n) is 4.52. The smallest absolute Gasteiger partial charge is 0.270 e. The van der Waals surface area contributed by atoms with E-state index < -0.39 is 0 Å². The maximum atomic E-state index is 11.9. The molecular formula is C13H20N4O. The number of nitrogens with zero attached hydrogens (tertiary/aromatic N) is 2. The molecule has 18 heavy (non-hydrogen) atoms. The van der Waals surface area contributed by atoms with Crippen LogP contribution in [0.15, 0.2) is 18.3 Å². The van der Waals surface area contributed by atoms with Crippen molar-refractivity contribution in [2.45, 2.75) is 6.92 Å². The molecule has 1 aromatic heterocycles. The van der Waals surface area contributed by atoms with Crippen molar-refractivity contribution in [2.75, 3.05) is 39.3 Å². The number of aryl methyl sites for hydroxylation is 1. The zero-order valence-electron chi connectivity index (χ0n) is 10.8. The number of carbonyl (C=O) groups excluding carboxylic acids is 1. The number of piperazine rings is 1. The second-order valence-corrected chi connectivity index (χ2v) is 4.52. The van der Waals surface area contributed by atoms with Gasteiger partial charge in [0.1, 0.15) is 5.69 Å². The number of hydrogen-bond acceptors (Lipinski definition) is 4. The van der Waals surface area contributed by atoms with Crippen molar-refractivity contribution in [3.05, 3.63) is 29.6 Å². The molecule has 0 unspecified atom stereocenters. The summed E-state index contributed by atoms with van der Waals surface area (Å²) in [6, 6.07) is 3.74. The van der Waals surface area contributed by atoms with Crippen molar-refractivity contribution >= 4 is 5.91 Å². The van der Waals surface area contributed by atoms with Gasteiger partial charge in [0.05, 0.1) is 0 Å². The van der Waals surface area contributed by atoms with Crippen LogP contribution in [0.3, 0.4) is 0 Å². The minimum absolute atomic E-state index is 0.0803. The van der Waals surface area contributed by atoms with Gasteiger partial charge in [0.15, 0.2) is 0 Å². The molecule has 98 valence electrons. The zero-order valence-corrected chi connectivity index (χ0v) is 10.8. The molecule has 0 aromatic carbocycles. The van der Waals surface area contributed by atoms with Crippen molar-refractivity contribution in [2.24, 2.45) is 0 Å². The summed E-state index contributed by atoms with van der Waals surface area (Å²) in [5.41, 5.74) is 1.44. The summed E-state index contributed by atoms with van der Waals surface area (Å²) in [6.07, 6.45) is 1.65. The van der Waals surface area contributed by atoms with Crippen molar-refractivity contribution in [3.8, 4) is 0 Å². The van der Waals surface area contributed by atoms with E-state index in [9.17, 15) is 4.79 Å². The van der Waals surface area contributed by atoms with Gasteiger partial charge in [0.25, 0.3) is 5.91 Å². The molecule has 5 nitrogen and oxygen atoms in total. The Labute approximate surface area is 108 Å². The van der Waals surface area contributed by atoms with E-state index in [1.165, 1.54) is 0 Å². The molecule has 1 aliphatic heterocycles. The van der Waals surface area contributed by atoms with E-state index in [4.69, 9.17) is 0 Å². The first-order valence-electron chi connectivity index (χ1n) is 6.40. The average molecular weight is 248 g/mol. The summed E-state index contributed by atoms with van der Waals surface area (Å²) in [6.45, 7) is 7.66. The highest BCUT2D eigenvalue weighted by atomic mass is 16.1. The Morgan fingerprint density at radius 1 is 1.50 bits per heavy atom. The number of hydrogen-bond donors (Lipinski definition) is 2. The van der Waals surface area contributed by atoms with Crippen LogP contribution in [0.25, 0.3) is 0 Å². The molecule has 0 aliphatic carbocycles. The maximum absolute atomic E-state index is 11.9. The monoisotopic (exact) mass is 248 g/mol. The summed E-state index contributed by atoms with van der Waals surface area (Å²) in [5, 5.41) is 6.23. The number of amides is 1. The Hall–Kier alpha value is -1.46. The lowest BCUT2D eigenvalue weighted by atomic mass is 10.2. The largest absolute Gasteiger partial charge is 0.349 e. The van der Waals surface area contributed by atoms with Gasteiger partial charge in [-0.15, -0.1) is 0 Å². The zero-order chi connectivity index (χ0) is 12.8. The number of rotatable bonds is 4. The first-order valence-corrected chi connectivity index (χ1v) is 6.40. The fraction of sp³-hybridized carbons (Fsp3) is 0.538. The molecule has 2 heterocycles. The predicted molar refractivity (Wildman–Crippen MR) is 70.6 cm³/mol. The highest BCUT2D eigenvalue weighted by molar-refractivity contribution is 5.93. The summed E-state index contributed by atoms with van der Waals surface area (Å²) < 4.78 is 0. The van der Waals surface area contributed by atoms with Crippen LogP contribution in [0.2, 0.25) is 0 Å². The van der Waals surface area contributed by atoms with E-state index in [1.54, 1.807) is 6.20 Å². The van der Waals surface area contributed by atoms with Crippen LogP contribution in [-0.2, 0) is 0 Å². The van der Waals surface area contributed by atoms with E-state index in [-0.39, 0.29) is 5.91 Å². The third kappa shape index (κ3) is 3.51. The number of aromatic nitrogens is 1. The molecule has 1 aromatic rings. The maximum Gasteiger partial charge on any atom is 0.270 e. The summed E-state index contributed by atoms with van der Waals surface area (Å²) in [4.78, 5) is 18.4. The van der Waals surface area contributed by atoms with E-state index in [0.717, 1.165) is 38.3 Å². The Balaban J connectivity index is 1.76. The van der Waals surface area contributed by atoms with Crippen molar-refractivity contribution in [1.82, 2.24) is 20.5 Å². The first kappa shape index (κ1) is 13.0. The van der Waals surface area contributed by atoms with E-state index >= 15 is 0 Å². The van der Waals surface area contributed by atoms with Crippen molar-refractivity contribution in [3.63, 3.8) is 0 Å². The average Bonchev–Trinajstić information content (AvgIpc) is 2.40. The minimum Gasteiger partial charge on any atom is -0.349 e. The van der Waals surface area contributed by atoms with Gasteiger partial charge in [-0.3, -0.25) is 14.7 Å². The van der Waals surface area contributed by atoms with Crippen LogP contribution in [0.5, 0.6) is 0 Å². The molecule has 0 radical (unpaired) electrons. The van der Waals surface area contributed by atoms with Gasteiger partial charge >= 0.3 is 0 Å². The quantitative estimate of drug-likeness (QED) is 0.789. The van der Waals surface area contributed by atoms with Gasteiger partial charge in [-0.2, -0.15) is 0 Å². The molecule has 1 fully saturated rings. The fourth-order valence-electron chi connectivity index (χ4n) is 2.07. The minimum atomic E-state index is -0.0803. The number of pyridine rings is 1. The van der Waals surface area contributed by atoms with Crippen LogP contribution < -0.4 is 10.6 Å². The van der Waals surface area contributed by atoms with Crippen LogP contribution in [0.4, 0.5) is 0 Å². The SMILES string of the molecule is Cc1cccnc1C(=O)NCCN1CCNCC1. The highest BCUT2D eigenvalue weighted by Gasteiger charge is 2.11. The molecule has 0 bridgehead atoms. The van der Waals surface area contributed by atoms with Crippen LogP contribution in [-0.4, -0.2) is 55.1 Å². The molecular weight excluding hydrogens is 228 g/mol. The topological polar surface area (TPSA) is 57.3 Å². The molecule has 0 spiro atoms. The molecule has 0 atom stereocenters. The standard InChI is InChI=1S/C13H20N4O/c1-11-3-2-4-15-12(11)13(18)16-7-10-17-8-5-14-6-9-17/h2-4,14H,5-10H2,1H3,(H,16,18). The van der Waals surface area contributed by atoms with E-state index in [1.807, 2.05) is 19.1 Å². The lowest BCUT2D eigenvalue weighted by molar-refractivity contribution is 0.0941. The molecule has 5 heteroatoms. The molecule has 0 saturated carbocycles. The fourth-order valence-corrected chi connectivity index (χ4v) is 2.07. The first-order chi connectivity index (χ1) is 8.77. The van der Waals surface area contributed by atoms with Gasteiger partial charge in [-0.25, -0.2) is 0 Å². The Morgan fingerprint density at radius 2 is 2.28 bits per heavy atom. The van der Waals surface area contributed by atoms with E-state index in [0.29, 0.717) is 12.2 Å². The van der Waals surface area contributed by atoms with Crippen LogP contribution in [0.1, 0.15) is 16.1 Å². The van der Waals surface area contributed by atoms with Gasteiger partial charge in [0, 0.05) is 45.5 Å². The van der Waals surface area contributed by atoms with Crippen LogP contribution in [0, 0.1) is 6.92 Å². The second kappa shape index (κ2) is 6.47. The van der Waals surface area contributed by atoms with Gasteiger partial charge < -0.3 is 10.6 Å². The summed E-state index contributed by atoms with van der Waals surface area (Å²) >= 11 is 0. The van der Waals surface area contributed by atoms with Gasteiger partial charge in [0.2, 0.25) is 0 Å². The molecule has 1 aliphatic rings. The third-order valence-corrected chi connectivity index (χ3v) is 3.15. The summed E-state index contributed by atoms with van der Waals surface area (Å²) in [5.74, 6) is -0.0803. The number of nitrogens with one attached hydrogen (secondary N) is 2. The van der Waals surface area contributed by atoms with E-state index in [2.05, 4.69) is 20.5 Å². The number of carbonyl (C=O) groups is 1. The molecule has 2 N–H and O–H groups in total. The highest BCUT2D eigenvalue weighted by Crippen LogP contribution is 2.02.